The molecule has 0 aromatic heterocycles. The van der Waals surface area contributed by atoms with Gasteiger partial charge in [0.25, 0.3) is 0 Å². The van der Waals surface area contributed by atoms with Gasteiger partial charge in [-0.3, -0.25) is 4.79 Å². The van der Waals surface area contributed by atoms with Gasteiger partial charge < -0.3 is 15.5 Å². The SMILES string of the molecule is CCNCc1cccc(NC(=O)CN(C)C)c1.Cl. The third-order valence-electron chi connectivity index (χ3n) is 2.25. The molecule has 0 aliphatic carbocycles. The van der Waals surface area contributed by atoms with E-state index in [2.05, 4.69) is 17.6 Å². The molecule has 1 aromatic carbocycles. The zero-order valence-corrected chi connectivity index (χ0v) is 12.0. The Balaban J connectivity index is 0.00000289. The minimum absolute atomic E-state index is 0. The van der Waals surface area contributed by atoms with Gasteiger partial charge in [0.05, 0.1) is 6.54 Å². The van der Waals surface area contributed by atoms with E-state index in [0.717, 1.165) is 18.8 Å². The van der Waals surface area contributed by atoms with Crippen LogP contribution >= 0.6 is 12.4 Å². The van der Waals surface area contributed by atoms with Crippen molar-refractivity contribution >= 4 is 24.0 Å². The van der Waals surface area contributed by atoms with Gasteiger partial charge in [0.2, 0.25) is 5.91 Å². The third-order valence-corrected chi connectivity index (χ3v) is 2.25. The van der Waals surface area contributed by atoms with Crippen molar-refractivity contribution in [2.45, 2.75) is 13.5 Å². The molecule has 2 N–H and O–H groups in total. The second-order valence-corrected chi connectivity index (χ2v) is 4.27. The standard InChI is InChI=1S/C13H21N3O.ClH/c1-4-14-9-11-6-5-7-12(8-11)15-13(17)10-16(2)3;/h5-8,14H,4,9-10H2,1-3H3,(H,15,17);1H. The number of anilines is 1. The zero-order chi connectivity index (χ0) is 12.7. The molecule has 4 nitrogen and oxygen atoms in total. The highest BCUT2D eigenvalue weighted by Crippen LogP contribution is 2.10. The Labute approximate surface area is 115 Å². The van der Waals surface area contributed by atoms with Crippen LogP contribution in [0, 0.1) is 0 Å². The highest BCUT2D eigenvalue weighted by atomic mass is 35.5. The average molecular weight is 272 g/mol. The number of benzene rings is 1. The Bertz CT molecular complexity index is 369. The Morgan fingerprint density at radius 2 is 2.06 bits per heavy atom. The Morgan fingerprint density at radius 3 is 2.67 bits per heavy atom. The normalized spacial score (nSPS) is 10.0. The number of nitrogens with zero attached hydrogens (tertiary/aromatic N) is 1. The summed E-state index contributed by atoms with van der Waals surface area (Å²) >= 11 is 0. The summed E-state index contributed by atoms with van der Waals surface area (Å²) in [6.07, 6.45) is 0. The number of halogens is 1. The van der Waals surface area contributed by atoms with Crippen LogP contribution in [0.3, 0.4) is 0 Å². The van der Waals surface area contributed by atoms with E-state index < -0.39 is 0 Å². The Hall–Kier alpha value is -1.10. The first-order chi connectivity index (χ1) is 8.11. The molecule has 0 saturated heterocycles. The summed E-state index contributed by atoms with van der Waals surface area (Å²) in [5.41, 5.74) is 2.03. The van der Waals surface area contributed by atoms with Crippen LogP contribution < -0.4 is 10.6 Å². The van der Waals surface area contributed by atoms with Gasteiger partial charge in [-0.25, -0.2) is 0 Å². The van der Waals surface area contributed by atoms with Crippen LogP contribution in [0.4, 0.5) is 5.69 Å². The molecule has 0 atom stereocenters. The Morgan fingerprint density at radius 1 is 1.33 bits per heavy atom. The third kappa shape index (κ3) is 6.59. The molecule has 0 bridgehead atoms. The van der Waals surface area contributed by atoms with Crippen molar-refractivity contribution in [1.29, 1.82) is 0 Å². The maximum absolute atomic E-state index is 11.6. The fourth-order valence-corrected chi connectivity index (χ4v) is 1.52. The van der Waals surface area contributed by atoms with E-state index in [1.54, 1.807) is 0 Å². The average Bonchev–Trinajstić information content (AvgIpc) is 2.25. The van der Waals surface area contributed by atoms with Gasteiger partial charge in [-0.1, -0.05) is 19.1 Å². The van der Waals surface area contributed by atoms with Crippen molar-refractivity contribution < 1.29 is 4.79 Å². The molecule has 0 aliphatic rings. The smallest absolute Gasteiger partial charge is 0.238 e. The highest BCUT2D eigenvalue weighted by Gasteiger charge is 2.03. The predicted molar refractivity (Wildman–Crippen MR) is 78.3 cm³/mol. The van der Waals surface area contributed by atoms with Crippen molar-refractivity contribution in [3.8, 4) is 0 Å². The van der Waals surface area contributed by atoms with Gasteiger partial charge in [-0.2, -0.15) is 0 Å². The molecule has 0 saturated carbocycles. The number of hydrogen-bond acceptors (Lipinski definition) is 3. The monoisotopic (exact) mass is 271 g/mol. The molecule has 0 radical (unpaired) electrons. The minimum atomic E-state index is 0. The summed E-state index contributed by atoms with van der Waals surface area (Å²) in [6, 6.07) is 7.90. The van der Waals surface area contributed by atoms with Gasteiger partial charge in [-0.15, -0.1) is 12.4 Å². The van der Waals surface area contributed by atoms with Gasteiger partial charge >= 0.3 is 0 Å². The molecule has 102 valence electrons. The lowest BCUT2D eigenvalue weighted by Crippen LogP contribution is -2.27. The maximum Gasteiger partial charge on any atom is 0.238 e. The number of rotatable bonds is 6. The van der Waals surface area contributed by atoms with E-state index in [0.29, 0.717) is 6.54 Å². The lowest BCUT2D eigenvalue weighted by Gasteiger charge is -2.11. The molecular formula is C13H22ClN3O. The summed E-state index contributed by atoms with van der Waals surface area (Å²) in [5.74, 6) is 0.00982. The maximum atomic E-state index is 11.6. The van der Waals surface area contributed by atoms with Gasteiger partial charge in [0, 0.05) is 12.2 Å². The van der Waals surface area contributed by atoms with Crippen molar-refractivity contribution in [3.05, 3.63) is 29.8 Å². The quantitative estimate of drug-likeness (QED) is 0.828. The number of carbonyl (C=O) groups is 1. The zero-order valence-electron chi connectivity index (χ0n) is 11.2. The van der Waals surface area contributed by atoms with Crippen LogP contribution in [0.2, 0.25) is 0 Å². The number of likely N-dealkylation sites (N-methyl/N-ethyl adjacent to an activating group) is 1. The number of nitrogens with one attached hydrogen (secondary N) is 2. The second kappa shape index (κ2) is 8.91. The van der Waals surface area contributed by atoms with Crippen LogP contribution in [-0.2, 0) is 11.3 Å². The molecule has 0 unspecified atom stereocenters. The van der Waals surface area contributed by atoms with Crippen LogP contribution in [0.1, 0.15) is 12.5 Å². The summed E-state index contributed by atoms with van der Waals surface area (Å²) in [5, 5.41) is 6.14. The first-order valence-corrected chi connectivity index (χ1v) is 5.86. The fourth-order valence-electron chi connectivity index (χ4n) is 1.52. The molecule has 0 heterocycles. The molecule has 1 aromatic rings. The second-order valence-electron chi connectivity index (χ2n) is 4.27. The summed E-state index contributed by atoms with van der Waals surface area (Å²) < 4.78 is 0. The molecule has 0 aliphatic heterocycles. The van der Waals surface area contributed by atoms with Gasteiger partial charge in [-0.05, 0) is 38.3 Å². The minimum Gasteiger partial charge on any atom is -0.325 e. The van der Waals surface area contributed by atoms with E-state index in [9.17, 15) is 4.79 Å². The lowest BCUT2D eigenvalue weighted by atomic mass is 10.2. The molecule has 0 spiro atoms. The molecular weight excluding hydrogens is 250 g/mol. The first-order valence-electron chi connectivity index (χ1n) is 5.86. The highest BCUT2D eigenvalue weighted by molar-refractivity contribution is 5.92. The largest absolute Gasteiger partial charge is 0.325 e. The van der Waals surface area contributed by atoms with Crippen LogP contribution in [0.25, 0.3) is 0 Å². The fraction of sp³-hybridized carbons (Fsp3) is 0.462. The first kappa shape index (κ1) is 16.9. The van der Waals surface area contributed by atoms with Crippen molar-refractivity contribution in [2.24, 2.45) is 0 Å². The molecule has 18 heavy (non-hydrogen) atoms. The van der Waals surface area contributed by atoms with E-state index in [-0.39, 0.29) is 18.3 Å². The van der Waals surface area contributed by atoms with E-state index in [1.165, 1.54) is 5.56 Å². The van der Waals surface area contributed by atoms with Crippen molar-refractivity contribution in [2.75, 3.05) is 32.5 Å². The van der Waals surface area contributed by atoms with E-state index in [1.807, 2.05) is 43.3 Å². The topological polar surface area (TPSA) is 44.4 Å². The Kier molecular flexibility index (Phi) is 8.37. The van der Waals surface area contributed by atoms with Crippen molar-refractivity contribution in [3.63, 3.8) is 0 Å². The molecule has 0 fully saturated rings. The van der Waals surface area contributed by atoms with Gasteiger partial charge in [0.15, 0.2) is 0 Å². The molecule has 5 heteroatoms. The number of carbonyl (C=O) groups excluding carboxylic acids is 1. The summed E-state index contributed by atoms with van der Waals surface area (Å²) in [7, 11) is 3.75. The van der Waals surface area contributed by atoms with E-state index >= 15 is 0 Å². The van der Waals surface area contributed by atoms with Crippen LogP contribution in [0.15, 0.2) is 24.3 Å². The lowest BCUT2D eigenvalue weighted by molar-refractivity contribution is -0.116. The van der Waals surface area contributed by atoms with Crippen LogP contribution in [-0.4, -0.2) is 38.0 Å². The van der Waals surface area contributed by atoms with Crippen molar-refractivity contribution in [1.82, 2.24) is 10.2 Å². The summed E-state index contributed by atoms with van der Waals surface area (Å²) in [6.45, 7) is 4.24. The molecule has 1 amide bonds. The summed E-state index contributed by atoms with van der Waals surface area (Å²) in [4.78, 5) is 13.4. The molecule has 1 rings (SSSR count). The van der Waals surface area contributed by atoms with E-state index in [4.69, 9.17) is 0 Å². The number of amides is 1. The van der Waals surface area contributed by atoms with Crippen LogP contribution in [0.5, 0.6) is 0 Å². The van der Waals surface area contributed by atoms with Gasteiger partial charge in [0.1, 0.15) is 0 Å². The number of hydrogen-bond donors (Lipinski definition) is 2. The predicted octanol–water partition coefficient (Wildman–Crippen LogP) is 1.72.